The number of carboxylic acid groups (broad SMARTS) is 2. The summed E-state index contributed by atoms with van der Waals surface area (Å²) in [7, 11) is 0. The van der Waals surface area contributed by atoms with Gasteiger partial charge in [-0.15, -0.1) is 0 Å². The van der Waals surface area contributed by atoms with Crippen LogP contribution in [0.25, 0.3) is 0 Å². The Kier molecular flexibility index (Phi) is 3.44. The van der Waals surface area contributed by atoms with Crippen molar-refractivity contribution in [1.82, 2.24) is 0 Å². The molecule has 0 aromatic heterocycles. The highest BCUT2D eigenvalue weighted by atomic mass is 16.4. The van der Waals surface area contributed by atoms with Crippen molar-refractivity contribution in [2.45, 2.75) is 19.3 Å². The molecule has 4 nitrogen and oxygen atoms in total. The third-order valence-corrected chi connectivity index (χ3v) is 2.12. The fourth-order valence-electron chi connectivity index (χ4n) is 1.41. The van der Waals surface area contributed by atoms with Gasteiger partial charge in [-0.25, -0.2) is 0 Å². The number of aryl methyl sites for hydroxylation is 1. The predicted molar refractivity (Wildman–Crippen MR) is 53.8 cm³/mol. The van der Waals surface area contributed by atoms with Crippen LogP contribution in [0.1, 0.15) is 23.5 Å². The van der Waals surface area contributed by atoms with Crippen molar-refractivity contribution in [3.8, 4) is 0 Å². The number of aliphatic carboxylic acids is 2. The van der Waals surface area contributed by atoms with Crippen LogP contribution in [0.5, 0.6) is 0 Å². The van der Waals surface area contributed by atoms with Crippen molar-refractivity contribution < 1.29 is 19.8 Å². The highest BCUT2D eigenvalue weighted by molar-refractivity contribution is 5.82. The van der Waals surface area contributed by atoms with Gasteiger partial charge in [-0.2, -0.15) is 0 Å². The maximum atomic E-state index is 10.9. The molecule has 0 spiro atoms. The molecular formula is C11H12O4. The second-order valence-corrected chi connectivity index (χ2v) is 3.40. The first-order valence-corrected chi connectivity index (χ1v) is 4.52. The third-order valence-electron chi connectivity index (χ3n) is 2.12. The number of carbonyl (C=O) groups is 2. The van der Waals surface area contributed by atoms with Gasteiger partial charge >= 0.3 is 11.9 Å². The topological polar surface area (TPSA) is 74.6 Å². The van der Waals surface area contributed by atoms with Crippen molar-refractivity contribution in [2.24, 2.45) is 0 Å². The van der Waals surface area contributed by atoms with Crippen LogP contribution >= 0.6 is 0 Å². The lowest BCUT2D eigenvalue weighted by atomic mass is 9.95. The minimum absolute atomic E-state index is 0.390. The Morgan fingerprint density at radius 3 is 2.47 bits per heavy atom. The van der Waals surface area contributed by atoms with Crippen LogP contribution in [0.2, 0.25) is 0 Å². The SMILES string of the molecule is Cc1cccc([C@H](CC(=O)O)C(=O)O)c1. The van der Waals surface area contributed by atoms with Crippen LogP contribution in [0.3, 0.4) is 0 Å². The number of hydrogen-bond acceptors (Lipinski definition) is 2. The quantitative estimate of drug-likeness (QED) is 0.788. The Morgan fingerprint density at radius 1 is 1.33 bits per heavy atom. The van der Waals surface area contributed by atoms with Gasteiger partial charge in [0, 0.05) is 0 Å². The van der Waals surface area contributed by atoms with Crippen molar-refractivity contribution in [3.63, 3.8) is 0 Å². The van der Waals surface area contributed by atoms with E-state index in [4.69, 9.17) is 10.2 Å². The average molecular weight is 208 g/mol. The van der Waals surface area contributed by atoms with Crippen LogP contribution in [0.15, 0.2) is 24.3 Å². The number of carboxylic acids is 2. The Labute approximate surface area is 87.2 Å². The molecule has 0 fully saturated rings. The molecule has 1 aromatic rings. The van der Waals surface area contributed by atoms with Crippen LogP contribution < -0.4 is 0 Å². The zero-order valence-electron chi connectivity index (χ0n) is 8.30. The minimum Gasteiger partial charge on any atom is -0.481 e. The summed E-state index contributed by atoms with van der Waals surface area (Å²) in [5, 5.41) is 17.5. The minimum atomic E-state index is -1.11. The van der Waals surface area contributed by atoms with Crippen molar-refractivity contribution in [3.05, 3.63) is 35.4 Å². The molecule has 0 aliphatic rings. The van der Waals surface area contributed by atoms with Crippen LogP contribution in [0.4, 0.5) is 0 Å². The molecular weight excluding hydrogens is 196 g/mol. The summed E-state index contributed by atoms with van der Waals surface area (Å²) in [5.41, 5.74) is 1.45. The predicted octanol–water partition coefficient (Wildman–Crippen LogP) is 1.64. The van der Waals surface area contributed by atoms with E-state index in [9.17, 15) is 9.59 Å². The molecule has 0 heterocycles. The highest BCUT2D eigenvalue weighted by Crippen LogP contribution is 2.20. The molecule has 0 aliphatic carbocycles. The van der Waals surface area contributed by atoms with Crippen molar-refractivity contribution >= 4 is 11.9 Å². The van der Waals surface area contributed by atoms with E-state index >= 15 is 0 Å². The lowest BCUT2D eigenvalue weighted by Gasteiger charge is -2.10. The Balaban J connectivity index is 2.98. The lowest BCUT2D eigenvalue weighted by Crippen LogP contribution is -2.15. The highest BCUT2D eigenvalue weighted by Gasteiger charge is 2.22. The molecule has 0 unspecified atom stereocenters. The van der Waals surface area contributed by atoms with E-state index in [1.54, 1.807) is 18.2 Å². The molecule has 0 saturated carbocycles. The first-order chi connectivity index (χ1) is 7.00. The standard InChI is InChI=1S/C11H12O4/c1-7-3-2-4-8(5-7)9(11(14)15)6-10(12)13/h2-5,9H,6H2,1H3,(H,12,13)(H,14,15)/t9-/m0/s1. The molecule has 1 atom stereocenters. The fourth-order valence-corrected chi connectivity index (χ4v) is 1.41. The second-order valence-electron chi connectivity index (χ2n) is 3.40. The molecule has 0 aliphatic heterocycles. The van der Waals surface area contributed by atoms with Gasteiger partial charge in [0.1, 0.15) is 0 Å². The van der Waals surface area contributed by atoms with Gasteiger partial charge in [0.25, 0.3) is 0 Å². The van der Waals surface area contributed by atoms with Gasteiger partial charge in [-0.1, -0.05) is 29.8 Å². The normalized spacial score (nSPS) is 12.1. The summed E-state index contributed by atoms with van der Waals surface area (Å²) < 4.78 is 0. The largest absolute Gasteiger partial charge is 0.481 e. The van der Waals surface area contributed by atoms with Crippen LogP contribution in [-0.2, 0) is 9.59 Å². The molecule has 4 heteroatoms. The summed E-state index contributed by atoms with van der Waals surface area (Å²) in [6.45, 7) is 1.84. The van der Waals surface area contributed by atoms with Gasteiger partial charge in [-0.3, -0.25) is 9.59 Å². The van der Waals surface area contributed by atoms with Crippen molar-refractivity contribution in [1.29, 1.82) is 0 Å². The van der Waals surface area contributed by atoms with Gasteiger partial charge in [-0.05, 0) is 12.5 Å². The smallest absolute Gasteiger partial charge is 0.311 e. The maximum Gasteiger partial charge on any atom is 0.311 e. The monoisotopic (exact) mass is 208 g/mol. The fraction of sp³-hybridized carbons (Fsp3) is 0.273. The maximum absolute atomic E-state index is 10.9. The Hall–Kier alpha value is -1.84. The number of rotatable bonds is 4. The summed E-state index contributed by atoms with van der Waals surface area (Å²) in [5.74, 6) is -3.19. The van der Waals surface area contributed by atoms with Gasteiger partial charge in [0.05, 0.1) is 12.3 Å². The lowest BCUT2D eigenvalue weighted by molar-refractivity contribution is -0.145. The molecule has 1 rings (SSSR count). The zero-order valence-corrected chi connectivity index (χ0v) is 8.30. The summed E-state index contributed by atoms with van der Waals surface area (Å²) in [6, 6.07) is 6.89. The summed E-state index contributed by atoms with van der Waals surface area (Å²) in [4.78, 5) is 21.4. The molecule has 0 radical (unpaired) electrons. The molecule has 0 saturated heterocycles. The first kappa shape index (κ1) is 11.2. The van der Waals surface area contributed by atoms with Gasteiger partial charge in [0.15, 0.2) is 0 Å². The van der Waals surface area contributed by atoms with E-state index in [2.05, 4.69) is 0 Å². The molecule has 0 amide bonds. The Bertz CT molecular complexity index is 384. The van der Waals surface area contributed by atoms with E-state index in [0.717, 1.165) is 5.56 Å². The van der Waals surface area contributed by atoms with E-state index in [1.165, 1.54) is 0 Å². The molecule has 80 valence electrons. The van der Waals surface area contributed by atoms with Gasteiger partial charge in [0.2, 0.25) is 0 Å². The first-order valence-electron chi connectivity index (χ1n) is 4.52. The summed E-state index contributed by atoms with van der Waals surface area (Å²) in [6.07, 6.45) is -0.390. The molecule has 0 bridgehead atoms. The van der Waals surface area contributed by atoms with Crippen molar-refractivity contribution in [2.75, 3.05) is 0 Å². The third kappa shape index (κ3) is 3.09. The van der Waals surface area contributed by atoms with E-state index in [1.807, 2.05) is 13.0 Å². The van der Waals surface area contributed by atoms with E-state index in [0.29, 0.717) is 5.56 Å². The Morgan fingerprint density at radius 2 is 2.00 bits per heavy atom. The molecule has 1 aromatic carbocycles. The van der Waals surface area contributed by atoms with E-state index < -0.39 is 24.3 Å². The number of benzene rings is 1. The summed E-state index contributed by atoms with van der Waals surface area (Å²) >= 11 is 0. The van der Waals surface area contributed by atoms with Crippen LogP contribution in [-0.4, -0.2) is 22.2 Å². The second kappa shape index (κ2) is 4.59. The molecule has 2 N–H and O–H groups in total. The number of hydrogen-bond donors (Lipinski definition) is 2. The zero-order chi connectivity index (χ0) is 11.4. The van der Waals surface area contributed by atoms with E-state index in [-0.39, 0.29) is 0 Å². The molecule has 15 heavy (non-hydrogen) atoms. The van der Waals surface area contributed by atoms with Gasteiger partial charge < -0.3 is 10.2 Å². The van der Waals surface area contributed by atoms with Crippen LogP contribution in [0, 0.1) is 6.92 Å². The average Bonchev–Trinajstić information content (AvgIpc) is 2.13.